The Labute approximate surface area is 130 Å². The molecular formula is C14H15BrN4O2. The molecule has 7 heteroatoms. The van der Waals surface area contributed by atoms with E-state index in [-0.39, 0.29) is 11.8 Å². The maximum absolute atomic E-state index is 12.1. The minimum atomic E-state index is -0.495. The topological polar surface area (TPSA) is 90.0 Å². The lowest BCUT2D eigenvalue weighted by atomic mass is 10.1. The van der Waals surface area contributed by atoms with Gasteiger partial charge in [0.15, 0.2) is 0 Å². The van der Waals surface area contributed by atoms with Crippen LogP contribution in [0.5, 0.6) is 0 Å². The lowest BCUT2D eigenvalue weighted by molar-refractivity contribution is -0.119. The summed E-state index contributed by atoms with van der Waals surface area (Å²) in [5.41, 5.74) is 6.19. The molecule has 0 fully saturated rings. The lowest BCUT2D eigenvalue weighted by Gasteiger charge is -2.12. The number of anilines is 1. The molecule has 1 heterocycles. The van der Waals surface area contributed by atoms with Crippen LogP contribution in [0.3, 0.4) is 0 Å². The van der Waals surface area contributed by atoms with Crippen LogP contribution in [0.2, 0.25) is 0 Å². The average Bonchev–Trinajstić information content (AvgIpc) is 2.84. The molecule has 0 saturated carbocycles. The molecular weight excluding hydrogens is 336 g/mol. The number of nitrogens with one attached hydrogen (secondary N) is 1. The number of carbonyl (C=O) groups excluding carboxylic acids is 2. The smallest absolute Gasteiger partial charge is 0.248 e. The number of nitrogens with two attached hydrogens (primary N) is 1. The van der Waals surface area contributed by atoms with Crippen LogP contribution < -0.4 is 11.1 Å². The Morgan fingerprint density at radius 3 is 2.57 bits per heavy atom. The van der Waals surface area contributed by atoms with Crippen molar-refractivity contribution in [3.63, 3.8) is 0 Å². The number of hydrogen-bond donors (Lipinski definition) is 2. The Balaban J connectivity index is 1.95. The summed E-state index contributed by atoms with van der Waals surface area (Å²) in [4.78, 5) is 23.1. The third-order valence-electron chi connectivity index (χ3n) is 2.95. The molecule has 3 N–H and O–H groups in total. The van der Waals surface area contributed by atoms with E-state index in [4.69, 9.17) is 5.73 Å². The second-order valence-corrected chi connectivity index (χ2v) is 5.63. The predicted molar refractivity (Wildman–Crippen MR) is 82.7 cm³/mol. The molecule has 2 aromatic rings. The molecule has 1 atom stereocenters. The minimum absolute atomic E-state index is 0.117. The monoisotopic (exact) mass is 350 g/mol. The highest BCUT2D eigenvalue weighted by Gasteiger charge is 2.14. The van der Waals surface area contributed by atoms with Crippen molar-refractivity contribution in [1.82, 2.24) is 9.78 Å². The van der Waals surface area contributed by atoms with Gasteiger partial charge in [-0.1, -0.05) is 6.92 Å². The zero-order valence-electron chi connectivity index (χ0n) is 11.4. The molecule has 1 aromatic carbocycles. The van der Waals surface area contributed by atoms with Gasteiger partial charge in [-0.3, -0.25) is 14.3 Å². The van der Waals surface area contributed by atoms with Gasteiger partial charge in [-0.2, -0.15) is 5.10 Å². The van der Waals surface area contributed by atoms with Gasteiger partial charge in [0.05, 0.1) is 23.1 Å². The largest absolute Gasteiger partial charge is 0.366 e. The van der Waals surface area contributed by atoms with Crippen LogP contribution in [-0.4, -0.2) is 21.6 Å². The molecule has 110 valence electrons. The summed E-state index contributed by atoms with van der Waals surface area (Å²) in [6, 6.07) is 6.45. The molecule has 6 nitrogen and oxygen atoms in total. The van der Waals surface area contributed by atoms with E-state index in [1.54, 1.807) is 35.1 Å². The number of benzene rings is 1. The van der Waals surface area contributed by atoms with E-state index in [1.165, 1.54) is 0 Å². The fourth-order valence-electron chi connectivity index (χ4n) is 1.78. The first-order chi connectivity index (χ1) is 9.95. The molecule has 0 aliphatic rings. The summed E-state index contributed by atoms with van der Waals surface area (Å²) >= 11 is 3.31. The van der Waals surface area contributed by atoms with Crippen LogP contribution in [0, 0.1) is 5.92 Å². The summed E-state index contributed by atoms with van der Waals surface area (Å²) < 4.78 is 2.57. The van der Waals surface area contributed by atoms with Gasteiger partial charge in [0.2, 0.25) is 11.8 Å². The molecule has 0 unspecified atom stereocenters. The fraction of sp³-hybridized carbons (Fsp3) is 0.214. The summed E-state index contributed by atoms with van der Waals surface area (Å²) in [6.07, 6.45) is 3.48. The molecule has 0 bridgehead atoms. The van der Waals surface area contributed by atoms with E-state index in [9.17, 15) is 9.59 Å². The van der Waals surface area contributed by atoms with E-state index in [2.05, 4.69) is 26.3 Å². The average molecular weight is 351 g/mol. The van der Waals surface area contributed by atoms with Gasteiger partial charge < -0.3 is 11.1 Å². The summed E-state index contributed by atoms with van der Waals surface area (Å²) in [5, 5.41) is 6.91. The van der Waals surface area contributed by atoms with E-state index in [0.717, 1.165) is 4.47 Å². The van der Waals surface area contributed by atoms with Crippen LogP contribution in [0.1, 0.15) is 17.3 Å². The predicted octanol–water partition coefficient (Wildman–Crippen LogP) is 2.02. The maximum Gasteiger partial charge on any atom is 0.248 e. The Morgan fingerprint density at radius 1 is 1.38 bits per heavy atom. The molecule has 0 aliphatic carbocycles. The number of aromatic nitrogens is 2. The normalized spacial score (nSPS) is 11.9. The maximum atomic E-state index is 12.1. The highest BCUT2D eigenvalue weighted by atomic mass is 79.9. The first-order valence-corrected chi connectivity index (χ1v) is 7.13. The van der Waals surface area contributed by atoms with Crippen LogP contribution in [0.4, 0.5) is 5.69 Å². The van der Waals surface area contributed by atoms with Crippen molar-refractivity contribution in [1.29, 1.82) is 0 Å². The van der Waals surface area contributed by atoms with Gasteiger partial charge in [-0.15, -0.1) is 0 Å². The summed E-state index contributed by atoms with van der Waals surface area (Å²) in [6.45, 7) is 2.31. The first kappa shape index (κ1) is 15.2. The second kappa shape index (κ2) is 6.53. The molecule has 2 rings (SSSR count). The number of rotatable bonds is 5. The standard InChI is InChI=1S/C14H15BrN4O2/c1-9(7-19-8-11(15)6-17-19)14(21)18-12-4-2-10(3-5-12)13(16)20/h2-6,8-9H,7H2,1H3,(H2,16,20)(H,18,21)/t9-/m1/s1. The van der Waals surface area contributed by atoms with Crippen molar-refractivity contribution in [2.45, 2.75) is 13.5 Å². The number of nitrogens with zero attached hydrogens (tertiary/aromatic N) is 2. The molecule has 1 aromatic heterocycles. The van der Waals surface area contributed by atoms with E-state index < -0.39 is 5.91 Å². The quantitative estimate of drug-likeness (QED) is 0.864. The lowest BCUT2D eigenvalue weighted by Crippen LogP contribution is -2.24. The number of amides is 2. The minimum Gasteiger partial charge on any atom is -0.366 e. The van der Waals surface area contributed by atoms with Crippen molar-refractivity contribution >= 4 is 33.4 Å². The Bertz CT molecular complexity index is 651. The molecule has 0 aliphatic heterocycles. The molecule has 2 amide bonds. The molecule has 0 radical (unpaired) electrons. The number of primary amides is 1. The SMILES string of the molecule is C[C@H](Cn1cc(Br)cn1)C(=O)Nc1ccc(C(N)=O)cc1. The number of hydrogen-bond acceptors (Lipinski definition) is 3. The highest BCUT2D eigenvalue weighted by molar-refractivity contribution is 9.10. The van der Waals surface area contributed by atoms with Crippen LogP contribution in [0.25, 0.3) is 0 Å². The fourth-order valence-corrected chi connectivity index (χ4v) is 2.11. The van der Waals surface area contributed by atoms with Crippen molar-refractivity contribution in [3.05, 3.63) is 46.7 Å². The van der Waals surface area contributed by atoms with Crippen molar-refractivity contribution in [2.24, 2.45) is 11.7 Å². The molecule has 21 heavy (non-hydrogen) atoms. The van der Waals surface area contributed by atoms with Gasteiger partial charge in [-0.05, 0) is 40.2 Å². The van der Waals surface area contributed by atoms with E-state index >= 15 is 0 Å². The van der Waals surface area contributed by atoms with Crippen molar-refractivity contribution in [2.75, 3.05) is 5.32 Å². The summed E-state index contributed by atoms with van der Waals surface area (Å²) in [5.74, 6) is -0.855. The van der Waals surface area contributed by atoms with Crippen LogP contribution in [0.15, 0.2) is 41.1 Å². The molecule has 0 saturated heterocycles. The van der Waals surface area contributed by atoms with Gasteiger partial charge in [-0.25, -0.2) is 0 Å². The second-order valence-electron chi connectivity index (χ2n) is 4.71. The van der Waals surface area contributed by atoms with Gasteiger partial charge >= 0.3 is 0 Å². The Kier molecular flexibility index (Phi) is 4.74. The third-order valence-corrected chi connectivity index (χ3v) is 3.36. The molecule has 0 spiro atoms. The first-order valence-electron chi connectivity index (χ1n) is 6.34. The van der Waals surface area contributed by atoms with Crippen molar-refractivity contribution in [3.8, 4) is 0 Å². The highest BCUT2D eigenvalue weighted by Crippen LogP contribution is 2.13. The zero-order valence-corrected chi connectivity index (χ0v) is 13.0. The van der Waals surface area contributed by atoms with Gasteiger partial charge in [0.25, 0.3) is 0 Å². The van der Waals surface area contributed by atoms with Gasteiger partial charge in [0.1, 0.15) is 0 Å². The third kappa shape index (κ3) is 4.16. The van der Waals surface area contributed by atoms with Crippen molar-refractivity contribution < 1.29 is 9.59 Å². The van der Waals surface area contributed by atoms with Crippen LogP contribution in [-0.2, 0) is 11.3 Å². The van der Waals surface area contributed by atoms with E-state index in [1.807, 2.05) is 13.1 Å². The van der Waals surface area contributed by atoms with E-state index in [0.29, 0.717) is 17.8 Å². The Morgan fingerprint density at radius 2 is 2.05 bits per heavy atom. The number of halogens is 1. The number of carbonyl (C=O) groups is 2. The van der Waals surface area contributed by atoms with Crippen LogP contribution >= 0.6 is 15.9 Å². The van der Waals surface area contributed by atoms with Gasteiger partial charge in [0, 0.05) is 17.4 Å². The summed E-state index contributed by atoms with van der Waals surface area (Å²) in [7, 11) is 0. The zero-order chi connectivity index (χ0) is 15.4. The Hall–Kier alpha value is -2.15.